The third kappa shape index (κ3) is 2.33. The number of rotatable bonds is 3. The monoisotopic (exact) mass is 274 g/mol. The molecule has 1 aromatic heterocycles. The lowest BCUT2D eigenvalue weighted by Crippen LogP contribution is -2.41. The predicted octanol–water partition coefficient (Wildman–Crippen LogP) is 1.98. The van der Waals surface area contributed by atoms with Crippen LogP contribution in [0.4, 0.5) is 5.82 Å². The van der Waals surface area contributed by atoms with E-state index in [1.807, 2.05) is 6.20 Å². The summed E-state index contributed by atoms with van der Waals surface area (Å²) < 4.78 is 12.1. The van der Waals surface area contributed by atoms with Gasteiger partial charge in [0.25, 0.3) is 0 Å². The minimum absolute atomic E-state index is 0.304. The molecule has 0 radical (unpaired) electrons. The van der Waals surface area contributed by atoms with Gasteiger partial charge in [0, 0.05) is 24.7 Å². The van der Waals surface area contributed by atoms with Gasteiger partial charge in [-0.2, -0.15) is 0 Å². The minimum Gasteiger partial charge on any atom is -0.399 e. The highest BCUT2D eigenvalue weighted by atomic mass is 16.7. The predicted molar refractivity (Wildman–Crippen MR) is 81.4 cm³/mol. The molecule has 4 nitrogen and oxygen atoms in total. The van der Waals surface area contributed by atoms with Crippen LogP contribution in [0.2, 0.25) is 0 Å². The Bertz CT molecular complexity index is 481. The molecule has 0 amide bonds. The Hall–Kier alpha value is -1.07. The first-order valence-corrected chi connectivity index (χ1v) is 7.35. The third-order valence-corrected chi connectivity index (χ3v) is 4.75. The smallest absolute Gasteiger partial charge is 0.399 e. The Kier molecular flexibility index (Phi) is 3.10. The lowest BCUT2D eigenvalue weighted by atomic mass is 9.80. The van der Waals surface area contributed by atoms with Crippen molar-refractivity contribution in [3.05, 3.63) is 18.3 Å². The average Bonchev–Trinajstić information content (AvgIpc) is 3.17. The van der Waals surface area contributed by atoms with Crippen molar-refractivity contribution in [2.45, 2.75) is 57.8 Å². The average molecular weight is 274 g/mol. The van der Waals surface area contributed by atoms with Crippen molar-refractivity contribution in [2.24, 2.45) is 0 Å². The maximum Gasteiger partial charge on any atom is 0.496 e. The lowest BCUT2D eigenvalue weighted by Gasteiger charge is -2.32. The molecule has 0 bridgehead atoms. The molecular weight excluding hydrogens is 251 g/mol. The van der Waals surface area contributed by atoms with Gasteiger partial charge in [0.15, 0.2) is 0 Å². The maximum atomic E-state index is 6.03. The van der Waals surface area contributed by atoms with E-state index in [0.29, 0.717) is 6.04 Å². The Morgan fingerprint density at radius 3 is 2.20 bits per heavy atom. The number of hydrogen-bond acceptors (Lipinski definition) is 4. The summed E-state index contributed by atoms with van der Waals surface area (Å²) in [6, 6.07) is 4.78. The molecule has 20 heavy (non-hydrogen) atoms. The summed E-state index contributed by atoms with van der Waals surface area (Å²) in [5.41, 5.74) is 0.374. The minimum atomic E-state index is -0.326. The Morgan fingerprint density at radius 2 is 1.75 bits per heavy atom. The summed E-state index contributed by atoms with van der Waals surface area (Å²) in [5.74, 6) is 1.02. The summed E-state index contributed by atoms with van der Waals surface area (Å²) in [7, 11) is 1.78. The largest absolute Gasteiger partial charge is 0.496 e. The standard InChI is InChI=1S/C15H23BN2O2/c1-14(2)15(3,4)20-16(19-14)11-6-9-13(17-10-11)18(5)12-7-8-12/h6,9-10,12H,7-8H2,1-5H3. The number of anilines is 1. The molecule has 2 heterocycles. The van der Waals surface area contributed by atoms with Gasteiger partial charge < -0.3 is 14.2 Å². The lowest BCUT2D eigenvalue weighted by molar-refractivity contribution is 0.00578. The molecule has 0 aromatic carbocycles. The summed E-state index contributed by atoms with van der Waals surface area (Å²) in [6.45, 7) is 8.26. The summed E-state index contributed by atoms with van der Waals surface area (Å²) in [5, 5.41) is 0. The van der Waals surface area contributed by atoms with Crippen molar-refractivity contribution >= 4 is 18.4 Å². The van der Waals surface area contributed by atoms with E-state index in [1.54, 1.807) is 0 Å². The maximum absolute atomic E-state index is 6.03. The molecule has 0 unspecified atom stereocenters. The van der Waals surface area contributed by atoms with Crippen LogP contribution in [0.15, 0.2) is 18.3 Å². The van der Waals surface area contributed by atoms with Crippen molar-refractivity contribution < 1.29 is 9.31 Å². The van der Waals surface area contributed by atoms with Crippen LogP contribution < -0.4 is 10.4 Å². The van der Waals surface area contributed by atoms with Gasteiger partial charge >= 0.3 is 7.12 Å². The number of pyridine rings is 1. The third-order valence-electron chi connectivity index (χ3n) is 4.75. The number of aromatic nitrogens is 1. The van der Waals surface area contributed by atoms with Crippen LogP contribution >= 0.6 is 0 Å². The van der Waals surface area contributed by atoms with Crippen molar-refractivity contribution in [3.63, 3.8) is 0 Å². The topological polar surface area (TPSA) is 34.6 Å². The molecule has 3 rings (SSSR count). The van der Waals surface area contributed by atoms with Crippen LogP contribution in [-0.4, -0.2) is 36.4 Å². The zero-order chi connectivity index (χ0) is 14.5. The molecule has 1 saturated heterocycles. The van der Waals surface area contributed by atoms with Crippen molar-refractivity contribution in [1.82, 2.24) is 4.98 Å². The molecule has 1 aliphatic heterocycles. The molecular formula is C15H23BN2O2. The van der Waals surface area contributed by atoms with Gasteiger partial charge in [-0.05, 0) is 46.6 Å². The van der Waals surface area contributed by atoms with Crippen LogP contribution in [-0.2, 0) is 9.31 Å². The molecule has 1 aromatic rings. The highest BCUT2D eigenvalue weighted by molar-refractivity contribution is 6.62. The highest BCUT2D eigenvalue weighted by Gasteiger charge is 2.51. The quantitative estimate of drug-likeness (QED) is 0.789. The first-order valence-electron chi connectivity index (χ1n) is 7.35. The van der Waals surface area contributed by atoms with Gasteiger partial charge in [0.2, 0.25) is 0 Å². The summed E-state index contributed by atoms with van der Waals surface area (Å²) in [4.78, 5) is 6.79. The normalized spacial score (nSPS) is 23.9. The molecule has 2 aliphatic rings. The zero-order valence-electron chi connectivity index (χ0n) is 13.0. The summed E-state index contributed by atoms with van der Waals surface area (Å²) in [6.07, 6.45) is 4.42. The van der Waals surface area contributed by atoms with Gasteiger partial charge in [-0.1, -0.05) is 6.07 Å². The second-order valence-electron chi connectivity index (χ2n) is 6.88. The van der Waals surface area contributed by atoms with E-state index in [1.165, 1.54) is 12.8 Å². The van der Waals surface area contributed by atoms with E-state index in [-0.39, 0.29) is 18.3 Å². The number of hydrogen-bond donors (Lipinski definition) is 0. The molecule has 0 spiro atoms. The molecule has 5 heteroatoms. The van der Waals surface area contributed by atoms with Gasteiger partial charge in [-0.3, -0.25) is 0 Å². The first-order chi connectivity index (χ1) is 9.30. The van der Waals surface area contributed by atoms with Crippen molar-refractivity contribution in [1.29, 1.82) is 0 Å². The molecule has 1 saturated carbocycles. The van der Waals surface area contributed by atoms with E-state index in [4.69, 9.17) is 9.31 Å². The van der Waals surface area contributed by atoms with E-state index in [0.717, 1.165) is 11.3 Å². The highest BCUT2D eigenvalue weighted by Crippen LogP contribution is 2.36. The van der Waals surface area contributed by atoms with Gasteiger partial charge in [0.05, 0.1) is 11.2 Å². The molecule has 1 aliphatic carbocycles. The van der Waals surface area contributed by atoms with Crippen molar-refractivity contribution in [2.75, 3.05) is 11.9 Å². The van der Waals surface area contributed by atoms with Crippen LogP contribution in [0, 0.1) is 0 Å². The van der Waals surface area contributed by atoms with E-state index < -0.39 is 0 Å². The number of nitrogens with zero attached hydrogens (tertiary/aromatic N) is 2. The van der Waals surface area contributed by atoms with Gasteiger partial charge in [0.1, 0.15) is 5.82 Å². The second kappa shape index (κ2) is 4.47. The summed E-state index contributed by atoms with van der Waals surface area (Å²) >= 11 is 0. The Balaban J connectivity index is 1.75. The van der Waals surface area contributed by atoms with Crippen LogP contribution in [0.3, 0.4) is 0 Å². The fourth-order valence-corrected chi connectivity index (χ4v) is 2.37. The van der Waals surface area contributed by atoms with Gasteiger partial charge in [-0.15, -0.1) is 0 Å². The van der Waals surface area contributed by atoms with E-state index >= 15 is 0 Å². The first kappa shape index (κ1) is 13.9. The Labute approximate surface area is 121 Å². The van der Waals surface area contributed by atoms with E-state index in [9.17, 15) is 0 Å². The van der Waals surface area contributed by atoms with Crippen LogP contribution in [0.25, 0.3) is 0 Å². The fraction of sp³-hybridized carbons (Fsp3) is 0.667. The second-order valence-corrected chi connectivity index (χ2v) is 6.88. The van der Waals surface area contributed by atoms with Crippen LogP contribution in [0.1, 0.15) is 40.5 Å². The molecule has 0 N–H and O–H groups in total. The van der Waals surface area contributed by atoms with Crippen molar-refractivity contribution in [3.8, 4) is 0 Å². The van der Waals surface area contributed by atoms with E-state index in [2.05, 4.69) is 56.8 Å². The SMILES string of the molecule is CN(c1ccc(B2OC(C)(C)C(C)(C)O2)cn1)C1CC1. The Morgan fingerprint density at radius 1 is 1.15 bits per heavy atom. The molecule has 0 atom stereocenters. The van der Waals surface area contributed by atoms with Crippen LogP contribution in [0.5, 0.6) is 0 Å². The molecule has 108 valence electrons. The zero-order valence-corrected chi connectivity index (χ0v) is 13.0. The van der Waals surface area contributed by atoms with Gasteiger partial charge in [-0.25, -0.2) is 4.98 Å². The fourth-order valence-electron chi connectivity index (χ4n) is 2.37. The molecule has 2 fully saturated rings.